The minimum atomic E-state index is -0.510. The standard InChI is InChI=1S/C19H21N3O2/c1-2-13-20-19(24)22-17(23)14-21-18(15-9-5-3-6-10-15)16-11-7-4-8-12-16/h2-12,18,21H,1,13-14H2,(H2,20,22,23,24)/p+1. The number of quaternary nitrogens is 1. The van der Waals surface area contributed by atoms with Crippen LogP contribution in [0.15, 0.2) is 73.3 Å². The number of hydrogen-bond acceptors (Lipinski definition) is 2. The number of imide groups is 1. The molecule has 0 aliphatic carbocycles. The van der Waals surface area contributed by atoms with Crippen molar-refractivity contribution in [2.24, 2.45) is 0 Å². The zero-order valence-corrected chi connectivity index (χ0v) is 13.4. The van der Waals surface area contributed by atoms with Crippen LogP contribution in [0.4, 0.5) is 4.79 Å². The molecule has 2 rings (SSSR count). The Morgan fingerprint density at radius 1 is 1.00 bits per heavy atom. The largest absolute Gasteiger partial charge is 0.334 e. The van der Waals surface area contributed by atoms with Gasteiger partial charge in [0.05, 0.1) is 0 Å². The van der Waals surface area contributed by atoms with E-state index in [1.54, 1.807) is 6.08 Å². The predicted molar refractivity (Wildman–Crippen MR) is 93.3 cm³/mol. The number of nitrogens with one attached hydrogen (secondary N) is 2. The fraction of sp³-hybridized carbons (Fsp3) is 0.158. The number of amides is 3. The first kappa shape index (κ1) is 17.4. The highest BCUT2D eigenvalue weighted by Gasteiger charge is 2.19. The van der Waals surface area contributed by atoms with E-state index in [1.807, 2.05) is 66.0 Å². The second kappa shape index (κ2) is 9.27. The van der Waals surface area contributed by atoms with Gasteiger partial charge in [0, 0.05) is 17.7 Å². The van der Waals surface area contributed by atoms with E-state index in [-0.39, 0.29) is 18.5 Å². The molecule has 24 heavy (non-hydrogen) atoms. The van der Waals surface area contributed by atoms with E-state index < -0.39 is 6.03 Å². The van der Waals surface area contributed by atoms with Crippen molar-refractivity contribution < 1.29 is 14.9 Å². The highest BCUT2D eigenvalue weighted by molar-refractivity contribution is 5.94. The molecule has 4 N–H and O–H groups in total. The molecule has 0 unspecified atom stereocenters. The van der Waals surface area contributed by atoms with Crippen molar-refractivity contribution in [1.82, 2.24) is 10.6 Å². The molecule has 0 fully saturated rings. The first-order valence-corrected chi connectivity index (χ1v) is 7.82. The van der Waals surface area contributed by atoms with Crippen LogP contribution in [0.25, 0.3) is 0 Å². The number of nitrogens with two attached hydrogens (primary N) is 1. The first-order valence-electron chi connectivity index (χ1n) is 7.82. The normalized spacial score (nSPS) is 10.2. The molecule has 0 saturated carbocycles. The summed E-state index contributed by atoms with van der Waals surface area (Å²) < 4.78 is 0. The zero-order chi connectivity index (χ0) is 17.2. The Morgan fingerprint density at radius 2 is 1.54 bits per heavy atom. The van der Waals surface area contributed by atoms with E-state index in [2.05, 4.69) is 17.2 Å². The maximum absolute atomic E-state index is 12.0. The van der Waals surface area contributed by atoms with Crippen LogP contribution in [0, 0.1) is 0 Å². The molecule has 0 aromatic heterocycles. The molecule has 2 aromatic carbocycles. The van der Waals surface area contributed by atoms with Gasteiger partial charge >= 0.3 is 6.03 Å². The van der Waals surface area contributed by atoms with E-state index >= 15 is 0 Å². The van der Waals surface area contributed by atoms with Gasteiger partial charge in [-0.25, -0.2) is 4.79 Å². The third-order valence-corrected chi connectivity index (χ3v) is 3.52. The molecule has 5 heteroatoms. The van der Waals surface area contributed by atoms with Gasteiger partial charge in [0.2, 0.25) is 0 Å². The molecule has 0 radical (unpaired) electrons. The summed E-state index contributed by atoms with van der Waals surface area (Å²) in [6.45, 7) is 3.97. The maximum Gasteiger partial charge on any atom is 0.321 e. The molecular weight excluding hydrogens is 302 g/mol. The van der Waals surface area contributed by atoms with Crippen molar-refractivity contribution in [3.8, 4) is 0 Å². The van der Waals surface area contributed by atoms with Crippen LogP contribution in [0.5, 0.6) is 0 Å². The number of rotatable bonds is 7. The van der Waals surface area contributed by atoms with E-state index in [9.17, 15) is 9.59 Å². The summed E-state index contributed by atoms with van der Waals surface area (Å²) in [5.74, 6) is -0.339. The smallest absolute Gasteiger partial charge is 0.321 e. The summed E-state index contributed by atoms with van der Waals surface area (Å²) in [6.07, 6.45) is 1.55. The minimum absolute atomic E-state index is 0.00520. The van der Waals surface area contributed by atoms with Crippen molar-refractivity contribution in [3.05, 3.63) is 84.4 Å². The molecule has 124 valence electrons. The Kier molecular flexibility index (Phi) is 6.73. The predicted octanol–water partition coefficient (Wildman–Crippen LogP) is 1.35. The maximum atomic E-state index is 12.0. The average Bonchev–Trinajstić information content (AvgIpc) is 2.62. The Bertz CT molecular complexity index is 632. The number of benzene rings is 2. The lowest BCUT2D eigenvalue weighted by molar-refractivity contribution is -0.676. The van der Waals surface area contributed by atoms with Crippen molar-refractivity contribution in [1.29, 1.82) is 0 Å². The number of urea groups is 1. The Morgan fingerprint density at radius 3 is 2.04 bits per heavy atom. The van der Waals surface area contributed by atoms with Crippen LogP contribution in [0.3, 0.4) is 0 Å². The first-order chi connectivity index (χ1) is 11.7. The van der Waals surface area contributed by atoms with Gasteiger partial charge in [0.1, 0.15) is 6.04 Å². The minimum Gasteiger partial charge on any atom is -0.334 e. The summed E-state index contributed by atoms with van der Waals surface area (Å²) >= 11 is 0. The van der Waals surface area contributed by atoms with Crippen LogP contribution in [-0.4, -0.2) is 25.0 Å². The molecule has 0 aliphatic heterocycles. The van der Waals surface area contributed by atoms with Crippen LogP contribution in [0.1, 0.15) is 17.2 Å². The van der Waals surface area contributed by atoms with Crippen molar-refractivity contribution >= 4 is 11.9 Å². The topological polar surface area (TPSA) is 74.8 Å². The van der Waals surface area contributed by atoms with Crippen LogP contribution in [-0.2, 0) is 4.79 Å². The molecule has 0 atom stereocenters. The molecular formula is C19H22N3O2+. The van der Waals surface area contributed by atoms with Crippen molar-refractivity contribution in [3.63, 3.8) is 0 Å². The summed E-state index contributed by atoms with van der Waals surface area (Å²) in [5, 5.41) is 6.73. The van der Waals surface area contributed by atoms with Crippen LogP contribution in [0.2, 0.25) is 0 Å². The molecule has 5 nitrogen and oxygen atoms in total. The van der Waals surface area contributed by atoms with E-state index in [0.29, 0.717) is 6.54 Å². The van der Waals surface area contributed by atoms with Gasteiger partial charge < -0.3 is 10.6 Å². The third-order valence-electron chi connectivity index (χ3n) is 3.52. The van der Waals surface area contributed by atoms with E-state index in [0.717, 1.165) is 11.1 Å². The van der Waals surface area contributed by atoms with Gasteiger partial charge in [-0.05, 0) is 0 Å². The fourth-order valence-corrected chi connectivity index (χ4v) is 2.40. The average molecular weight is 324 g/mol. The molecule has 0 saturated heterocycles. The van der Waals surface area contributed by atoms with Gasteiger partial charge in [0.15, 0.2) is 6.54 Å². The third kappa shape index (κ3) is 5.37. The second-order valence-corrected chi connectivity index (χ2v) is 5.29. The van der Waals surface area contributed by atoms with E-state index in [1.165, 1.54) is 0 Å². The Hall–Kier alpha value is -2.92. The summed E-state index contributed by atoms with van der Waals surface area (Å²) in [6, 6.07) is 19.4. The SMILES string of the molecule is C=CCNC(=O)NC(=O)C[NH2+]C(c1ccccc1)c1ccccc1. The lowest BCUT2D eigenvalue weighted by Crippen LogP contribution is -2.88. The van der Waals surface area contributed by atoms with E-state index in [4.69, 9.17) is 0 Å². The van der Waals surface area contributed by atoms with Gasteiger partial charge in [-0.2, -0.15) is 0 Å². The summed E-state index contributed by atoms with van der Waals surface area (Å²) in [7, 11) is 0. The number of carbonyl (C=O) groups excluding carboxylic acids is 2. The van der Waals surface area contributed by atoms with Gasteiger partial charge in [-0.1, -0.05) is 66.7 Å². The second-order valence-electron chi connectivity index (χ2n) is 5.29. The quantitative estimate of drug-likeness (QED) is 0.673. The lowest BCUT2D eigenvalue weighted by atomic mass is 9.99. The van der Waals surface area contributed by atoms with Crippen molar-refractivity contribution in [2.75, 3.05) is 13.1 Å². The molecule has 3 amide bonds. The summed E-state index contributed by atoms with van der Waals surface area (Å²) in [5.41, 5.74) is 2.21. The molecule has 0 aliphatic rings. The highest BCUT2D eigenvalue weighted by atomic mass is 16.2. The van der Waals surface area contributed by atoms with Gasteiger partial charge in [0.25, 0.3) is 5.91 Å². The lowest BCUT2D eigenvalue weighted by Gasteiger charge is -2.16. The molecule has 2 aromatic rings. The Labute approximate surface area is 141 Å². The Balaban J connectivity index is 2.00. The summed E-state index contributed by atoms with van der Waals surface area (Å²) in [4.78, 5) is 23.4. The van der Waals surface area contributed by atoms with Gasteiger partial charge in [-0.3, -0.25) is 10.1 Å². The number of hydrogen-bond donors (Lipinski definition) is 3. The molecule has 0 spiro atoms. The highest BCUT2D eigenvalue weighted by Crippen LogP contribution is 2.17. The van der Waals surface area contributed by atoms with Crippen LogP contribution >= 0.6 is 0 Å². The van der Waals surface area contributed by atoms with Crippen LogP contribution < -0.4 is 16.0 Å². The zero-order valence-electron chi connectivity index (χ0n) is 13.4. The monoisotopic (exact) mass is 324 g/mol. The fourth-order valence-electron chi connectivity index (χ4n) is 2.40. The number of carbonyl (C=O) groups is 2. The van der Waals surface area contributed by atoms with Crippen molar-refractivity contribution in [2.45, 2.75) is 6.04 Å². The molecule has 0 bridgehead atoms. The molecule has 0 heterocycles. The van der Waals surface area contributed by atoms with Gasteiger partial charge in [-0.15, -0.1) is 6.58 Å².